The first-order valence-corrected chi connectivity index (χ1v) is 6.65. The van der Waals surface area contributed by atoms with Gasteiger partial charge in [-0.25, -0.2) is 4.39 Å². The highest BCUT2D eigenvalue weighted by molar-refractivity contribution is 6.30. The number of aryl methyl sites for hydroxylation is 1. The molecular weight excluding hydrogens is 279 g/mol. The van der Waals surface area contributed by atoms with Crippen molar-refractivity contribution >= 4 is 11.6 Å². The van der Waals surface area contributed by atoms with Crippen molar-refractivity contribution in [3.8, 4) is 5.75 Å². The third-order valence-electron chi connectivity index (χ3n) is 3.25. The van der Waals surface area contributed by atoms with Crippen LogP contribution in [-0.4, -0.2) is 12.2 Å². The second kappa shape index (κ2) is 6.25. The predicted molar refractivity (Wildman–Crippen MR) is 77.8 cm³/mol. The summed E-state index contributed by atoms with van der Waals surface area (Å²) in [5.41, 5.74) is 2.42. The van der Waals surface area contributed by atoms with Crippen LogP contribution in [0, 0.1) is 12.7 Å². The number of benzene rings is 2. The van der Waals surface area contributed by atoms with Gasteiger partial charge in [0.1, 0.15) is 0 Å². The van der Waals surface area contributed by atoms with Crippen molar-refractivity contribution in [1.29, 1.82) is 0 Å². The van der Waals surface area contributed by atoms with Gasteiger partial charge in [0.25, 0.3) is 0 Å². The lowest BCUT2D eigenvalue weighted by atomic mass is 9.97. The van der Waals surface area contributed by atoms with E-state index in [1.54, 1.807) is 24.3 Å². The lowest BCUT2D eigenvalue weighted by Gasteiger charge is -2.14. The van der Waals surface area contributed by atoms with Crippen molar-refractivity contribution in [3.63, 3.8) is 0 Å². The molecule has 2 aromatic carbocycles. The molecule has 1 unspecified atom stereocenters. The number of methoxy groups -OCH3 is 1. The summed E-state index contributed by atoms with van der Waals surface area (Å²) in [6.45, 7) is 1.91. The molecule has 0 saturated carbocycles. The first-order valence-electron chi connectivity index (χ1n) is 6.28. The van der Waals surface area contributed by atoms with Crippen LogP contribution < -0.4 is 4.74 Å². The van der Waals surface area contributed by atoms with E-state index in [2.05, 4.69) is 0 Å². The average molecular weight is 295 g/mol. The Morgan fingerprint density at radius 2 is 2.00 bits per heavy atom. The molecule has 2 nitrogen and oxygen atoms in total. The van der Waals surface area contributed by atoms with Crippen molar-refractivity contribution in [2.45, 2.75) is 19.4 Å². The minimum Gasteiger partial charge on any atom is -0.494 e. The lowest BCUT2D eigenvalue weighted by Crippen LogP contribution is -2.04. The summed E-state index contributed by atoms with van der Waals surface area (Å²) >= 11 is 5.94. The highest BCUT2D eigenvalue weighted by atomic mass is 35.5. The Morgan fingerprint density at radius 3 is 2.65 bits per heavy atom. The molecule has 0 amide bonds. The van der Waals surface area contributed by atoms with Crippen LogP contribution in [0.3, 0.4) is 0 Å². The molecule has 0 aliphatic carbocycles. The van der Waals surface area contributed by atoms with Gasteiger partial charge in [-0.3, -0.25) is 0 Å². The normalized spacial score (nSPS) is 12.2. The van der Waals surface area contributed by atoms with Crippen LogP contribution in [0.15, 0.2) is 36.4 Å². The van der Waals surface area contributed by atoms with Gasteiger partial charge in [0.05, 0.1) is 13.2 Å². The molecular formula is C16H16ClFO2. The van der Waals surface area contributed by atoms with Gasteiger partial charge in [-0.2, -0.15) is 0 Å². The first-order chi connectivity index (χ1) is 9.51. The molecule has 0 spiro atoms. The van der Waals surface area contributed by atoms with E-state index in [0.717, 1.165) is 11.1 Å². The summed E-state index contributed by atoms with van der Waals surface area (Å²) < 4.78 is 18.5. The summed E-state index contributed by atoms with van der Waals surface area (Å²) in [4.78, 5) is 0. The van der Waals surface area contributed by atoms with Crippen LogP contribution in [-0.2, 0) is 6.42 Å². The zero-order chi connectivity index (χ0) is 14.7. The lowest BCUT2D eigenvalue weighted by molar-refractivity contribution is 0.177. The SMILES string of the molecule is COc1ccc(CC(O)c2cc(Cl)ccc2C)cc1F. The third kappa shape index (κ3) is 3.30. The van der Waals surface area contributed by atoms with E-state index >= 15 is 0 Å². The highest BCUT2D eigenvalue weighted by Gasteiger charge is 2.13. The molecule has 1 N–H and O–H groups in total. The van der Waals surface area contributed by atoms with Gasteiger partial charge in [-0.15, -0.1) is 0 Å². The third-order valence-corrected chi connectivity index (χ3v) is 3.48. The molecule has 0 bridgehead atoms. The molecule has 20 heavy (non-hydrogen) atoms. The molecule has 4 heteroatoms. The number of aliphatic hydroxyl groups excluding tert-OH is 1. The van der Waals surface area contributed by atoms with Crippen LogP contribution in [0.25, 0.3) is 0 Å². The number of halogens is 2. The summed E-state index contributed by atoms with van der Waals surface area (Å²) in [5, 5.41) is 10.9. The Morgan fingerprint density at radius 1 is 1.25 bits per heavy atom. The van der Waals surface area contributed by atoms with Crippen LogP contribution in [0.4, 0.5) is 4.39 Å². The fourth-order valence-electron chi connectivity index (χ4n) is 2.14. The first kappa shape index (κ1) is 14.8. The topological polar surface area (TPSA) is 29.5 Å². The minimum atomic E-state index is -0.721. The molecule has 2 aromatic rings. The number of ether oxygens (including phenoxy) is 1. The van der Waals surface area contributed by atoms with Gasteiger partial charge in [0.15, 0.2) is 11.6 Å². The number of hydrogen-bond donors (Lipinski definition) is 1. The molecule has 0 heterocycles. The van der Waals surface area contributed by atoms with E-state index in [1.807, 2.05) is 13.0 Å². The van der Waals surface area contributed by atoms with Crippen molar-refractivity contribution in [3.05, 3.63) is 63.9 Å². The monoisotopic (exact) mass is 294 g/mol. The van der Waals surface area contributed by atoms with E-state index in [-0.39, 0.29) is 5.75 Å². The molecule has 0 aliphatic heterocycles. The molecule has 2 rings (SSSR count). The summed E-state index contributed by atoms with van der Waals surface area (Å²) in [6.07, 6.45) is -0.399. The van der Waals surface area contributed by atoms with E-state index in [0.29, 0.717) is 17.0 Å². The fraction of sp³-hybridized carbons (Fsp3) is 0.250. The van der Waals surface area contributed by atoms with Crippen LogP contribution in [0.1, 0.15) is 22.8 Å². The smallest absolute Gasteiger partial charge is 0.165 e. The van der Waals surface area contributed by atoms with Crippen molar-refractivity contribution < 1.29 is 14.2 Å². The Labute approximate surface area is 122 Å². The zero-order valence-electron chi connectivity index (χ0n) is 11.4. The maximum absolute atomic E-state index is 13.6. The molecule has 1 atom stereocenters. The average Bonchev–Trinajstić information content (AvgIpc) is 2.41. The van der Waals surface area contributed by atoms with Gasteiger partial charge >= 0.3 is 0 Å². The van der Waals surface area contributed by atoms with Crippen molar-refractivity contribution in [2.24, 2.45) is 0 Å². The van der Waals surface area contributed by atoms with Crippen LogP contribution >= 0.6 is 11.6 Å². The van der Waals surface area contributed by atoms with E-state index in [9.17, 15) is 9.50 Å². The Bertz CT molecular complexity index is 613. The Kier molecular flexibility index (Phi) is 4.63. The zero-order valence-corrected chi connectivity index (χ0v) is 12.1. The molecule has 0 aliphatic rings. The Hall–Kier alpha value is -1.58. The van der Waals surface area contributed by atoms with E-state index < -0.39 is 11.9 Å². The number of aliphatic hydroxyl groups is 1. The molecule has 0 fully saturated rings. The standard InChI is InChI=1S/C16H16ClFO2/c1-10-3-5-12(17)9-13(10)15(19)8-11-4-6-16(20-2)14(18)7-11/h3-7,9,15,19H,8H2,1-2H3. The van der Waals surface area contributed by atoms with Gasteiger partial charge < -0.3 is 9.84 Å². The quantitative estimate of drug-likeness (QED) is 0.921. The molecule has 0 radical (unpaired) electrons. The molecule has 106 valence electrons. The molecule has 0 aromatic heterocycles. The van der Waals surface area contributed by atoms with Crippen molar-refractivity contribution in [1.82, 2.24) is 0 Å². The van der Waals surface area contributed by atoms with Gasteiger partial charge in [0, 0.05) is 11.4 Å². The highest BCUT2D eigenvalue weighted by Crippen LogP contribution is 2.26. The molecule has 0 saturated heterocycles. The number of hydrogen-bond acceptors (Lipinski definition) is 2. The predicted octanol–water partition coefficient (Wildman–Crippen LogP) is 4.07. The largest absolute Gasteiger partial charge is 0.494 e. The van der Waals surface area contributed by atoms with Crippen LogP contribution in [0.2, 0.25) is 5.02 Å². The maximum Gasteiger partial charge on any atom is 0.165 e. The summed E-state index contributed by atoms with van der Waals surface area (Å²) in [5.74, 6) is -0.234. The second-order valence-corrected chi connectivity index (χ2v) is 5.13. The second-order valence-electron chi connectivity index (χ2n) is 4.69. The van der Waals surface area contributed by atoms with Gasteiger partial charge in [0.2, 0.25) is 0 Å². The van der Waals surface area contributed by atoms with E-state index in [4.69, 9.17) is 16.3 Å². The van der Waals surface area contributed by atoms with Crippen LogP contribution in [0.5, 0.6) is 5.75 Å². The van der Waals surface area contributed by atoms with Gasteiger partial charge in [-0.1, -0.05) is 23.7 Å². The number of rotatable bonds is 4. The Balaban J connectivity index is 2.21. The van der Waals surface area contributed by atoms with Crippen molar-refractivity contribution in [2.75, 3.05) is 7.11 Å². The summed E-state index contributed by atoms with van der Waals surface area (Å²) in [7, 11) is 1.42. The fourth-order valence-corrected chi connectivity index (χ4v) is 2.32. The summed E-state index contributed by atoms with van der Waals surface area (Å²) in [6, 6.07) is 10.0. The van der Waals surface area contributed by atoms with E-state index in [1.165, 1.54) is 13.2 Å². The minimum absolute atomic E-state index is 0.196. The maximum atomic E-state index is 13.6. The van der Waals surface area contributed by atoms with Gasteiger partial charge in [-0.05, 0) is 47.9 Å².